The molecule has 0 saturated heterocycles. The first-order valence-electron chi connectivity index (χ1n) is 10.1. The van der Waals surface area contributed by atoms with Gasteiger partial charge in [-0.1, -0.05) is 43.0 Å². The Hall–Kier alpha value is -4.13. The van der Waals surface area contributed by atoms with E-state index in [1.165, 1.54) is 5.56 Å². The minimum Gasteiger partial charge on any atom is -0.508 e. The first kappa shape index (κ1) is 17.7. The summed E-state index contributed by atoms with van der Waals surface area (Å²) in [5, 5.41) is 24.2. The van der Waals surface area contributed by atoms with Crippen LogP contribution in [0.1, 0.15) is 29.8 Å². The summed E-state index contributed by atoms with van der Waals surface area (Å²) >= 11 is 0. The predicted molar refractivity (Wildman–Crippen MR) is 117 cm³/mol. The SMILES string of the molecule is C=C(O)c1ccc(-c2cnc3nnc(C4(c5ccc6ncccc6c5)CC4)n3n2)cc1. The van der Waals surface area contributed by atoms with Gasteiger partial charge in [-0.3, -0.25) is 4.98 Å². The molecular weight excluding hydrogens is 388 g/mol. The second kappa shape index (κ2) is 6.43. The number of fused-ring (bicyclic) bond motifs is 2. The minimum atomic E-state index is -0.213. The highest BCUT2D eigenvalue weighted by Crippen LogP contribution is 2.53. The van der Waals surface area contributed by atoms with Crippen molar-refractivity contribution in [2.24, 2.45) is 0 Å². The average molecular weight is 406 g/mol. The molecule has 0 radical (unpaired) electrons. The van der Waals surface area contributed by atoms with Gasteiger partial charge < -0.3 is 5.11 Å². The summed E-state index contributed by atoms with van der Waals surface area (Å²) < 4.78 is 1.76. The summed E-state index contributed by atoms with van der Waals surface area (Å²) in [4.78, 5) is 8.89. The molecule has 0 bridgehead atoms. The fourth-order valence-corrected chi connectivity index (χ4v) is 4.10. The summed E-state index contributed by atoms with van der Waals surface area (Å²) in [6, 6.07) is 17.8. The summed E-state index contributed by atoms with van der Waals surface area (Å²) in [6.45, 7) is 3.56. The highest BCUT2D eigenvalue weighted by molar-refractivity contribution is 5.79. The van der Waals surface area contributed by atoms with E-state index in [0.29, 0.717) is 17.0 Å². The molecule has 0 spiro atoms. The molecule has 0 aliphatic heterocycles. The average Bonchev–Trinajstić information content (AvgIpc) is 3.51. The van der Waals surface area contributed by atoms with Gasteiger partial charge in [0.2, 0.25) is 0 Å². The summed E-state index contributed by atoms with van der Waals surface area (Å²) in [5.41, 5.74) is 4.23. The van der Waals surface area contributed by atoms with Crippen LogP contribution in [0.3, 0.4) is 0 Å². The largest absolute Gasteiger partial charge is 0.508 e. The van der Waals surface area contributed by atoms with Crippen molar-refractivity contribution in [3.8, 4) is 11.3 Å². The number of benzene rings is 2. The van der Waals surface area contributed by atoms with Crippen LogP contribution in [-0.2, 0) is 5.41 Å². The minimum absolute atomic E-state index is 0.0374. The molecule has 2 aromatic carbocycles. The van der Waals surface area contributed by atoms with Crippen LogP contribution in [0.4, 0.5) is 0 Å². The fourth-order valence-electron chi connectivity index (χ4n) is 4.10. The molecule has 1 aliphatic carbocycles. The van der Waals surface area contributed by atoms with Gasteiger partial charge in [0.25, 0.3) is 5.78 Å². The maximum absolute atomic E-state index is 9.56. The van der Waals surface area contributed by atoms with E-state index in [-0.39, 0.29) is 11.2 Å². The quantitative estimate of drug-likeness (QED) is 0.447. The lowest BCUT2D eigenvalue weighted by Crippen LogP contribution is -2.15. The van der Waals surface area contributed by atoms with E-state index in [4.69, 9.17) is 5.10 Å². The van der Waals surface area contributed by atoms with Gasteiger partial charge in [0.05, 0.1) is 17.1 Å². The monoisotopic (exact) mass is 406 g/mol. The molecule has 3 heterocycles. The maximum Gasteiger partial charge on any atom is 0.271 e. The van der Waals surface area contributed by atoms with E-state index in [1.54, 1.807) is 16.9 Å². The van der Waals surface area contributed by atoms with Crippen LogP contribution in [0.5, 0.6) is 0 Å². The third-order valence-electron chi connectivity index (χ3n) is 5.98. The Morgan fingerprint density at radius 1 is 1.00 bits per heavy atom. The molecule has 0 unspecified atom stereocenters. The highest BCUT2D eigenvalue weighted by atomic mass is 16.3. The lowest BCUT2D eigenvalue weighted by molar-refractivity contribution is 0.514. The number of aliphatic hydroxyl groups excluding tert-OH is 1. The summed E-state index contributed by atoms with van der Waals surface area (Å²) in [5.74, 6) is 1.32. The van der Waals surface area contributed by atoms with Crippen molar-refractivity contribution >= 4 is 22.4 Å². The Kier molecular flexibility index (Phi) is 3.67. The first-order valence-corrected chi connectivity index (χ1v) is 10.1. The standard InChI is InChI=1S/C24H18N6O/c1-15(31)16-4-6-17(7-5-16)21-14-26-23-28-27-22(30(23)29-21)24(10-11-24)19-8-9-20-18(13-19)3-2-12-25-20/h2-9,12-14,31H,1,10-11H2. The number of hydrogen-bond donors (Lipinski definition) is 1. The number of aliphatic hydroxyl groups is 1. The molecule has 31 heavy (non-hydrogen) atoms. The molecule has 150 valence electrons. The van der Waals surface area contributed by atoms with Gasteiger partial charge in [-0.05, 0) is 36.6 Å². The number of rotatable bonds is 4. The molecular formula is C24H18N6O. The van der Waals surface area contributed by atoms with E-state index in [9.17, 15) is 5.11 Å². The van der Waals surface area contributed by atoms with E-state index >= 15 is 0 Å². The van der Waals surface area contributed by atoms with Gasteiger partial charge in [0.1, 0.15) is 11.5 Å². The Labute approximate surface area is 177 Å². The molecule has 1 aliphatic rings. The number of aromatic nitrogens is 6. The highest BCUT2D eigenvalue weighted by Gasteiger charge is 2.50. The van der Waals surface area contributed by atoms with Crippen LogP contribution in [0.25, 0.3) is 33.7 Å². The van der Waals surface area contributed by atoms with Crippen molar-refractivity contribution in [3.05, 3.63) is 90.5 Å². The van der Waals surface area contributed by atoms with Crippen LogP contribution >= 0.6 is 0 Å². The maximum atomic E-state index is 9.56. The predicted octanol–water partition coefficient (Wildman–Crippen LogP) is 4.34. The van der Waals surface area contributed by atoms with Crippen molar-refractivity contribution < 1.29 is 5.11 Å². The van der Waals surface area contributed by atoms with Crippen LogP contribution < -0.4 is 0 Å². The van der Waals surface area contributed by atoms with Gasteiger partial charge in [0, 0.05) is 22.7 Å². The normalized spacial score (nSPS) is 14.7. The second-order valence-corrected chi connectivity index (χ2v) is 7.90. The number of pyridine rings is 1. The van der Waals surface area contributed by atoms with Gasteiger partial charge in [-0.25, -0.2) is 4.98 Å². The third-order valence-corrected chi connectivity index (χ3v) is 5.98. The van der Waals surface area contributed by atoms with E-state index in [2.05, 4.69) is 51.0 Å². The van der Waals surface area contributed by atoms with Gasteiger partial charge in [-0.15, -0.1) is 10.2 Å². The van der Waals surface area contributed by atoms with Crippen LogP contribution in [0, 0.1) is 0 Å². The van der Waals surface area contributed by atoms with E-state index in [0.717, 1.165) is 35.1 Å². The molecule has 7 nitrogen and oxygen atoms in total. The molecule has 0 amide bonds. The smallest absolute Gasteiger partial charge is 0.271 e. The van der Waals surface area contributed by atoms with Crippen molar-refractivity contribution in [2.75, 3.05) is 0 Å². The zero-order valence-corrected chi connectivity index (χ0v) is 16.6. The Morgan fingerprint density at radius 2 is 1.84 bits per heavy atom. The van der Waals surface area contributed by atoms with Gasteiger partial charge >= 0.3 is 0 Å². The summed E-state index contributed by atoms with van der Waals surface area (Å²) in [7, 11) is 0. The van der Waals surface area contributed by atoms with Crippen LogP contribution in [0.15, 0.2) is 73.6 Å². The third kappa shape index (κ3) is 2.78. The topological polar surface area (TPSA) is 89.1 Å². The van der Waals surface area contributed by atoms with E-state index < -0.39 is 0 Å². The lowest BCUT2D eigenvalue weighted by atomic mass is 9.94. The molecule has 3 aromatic heterocycles. The molecule has 1 fully saturated rings. The van der Waals surface area contributed by atoms with E-state index in [1.807, 2.05) is 30.3 Å². The zero-order valence-electron chi connectivity index (χ0n) is 16.6. The van der Waals surface area contributed by atoms with Crippen LogP contribution in [-0.4, -0.2) is 34.9 Å². The zero-order chi connectivity index (χ0) is 21.0. The number of nitrogens with zero attached hydrogens (tertiary/aromatic N) is 6. The lowest BCUT2D eigenvalue weighted by Gasteiger charge is -2.14. The summed E-state index contributed by atoms with van der Waals surface area (Å²) in [6.07, 6.45) is 5.47. The molecule has 0 atom stereocenters. The molecule has 1 saturated carbocycles. The molecule has 7 heteroatoms. The fraction of sp³-hybridized carbons (Fsp3) is 0.125. The van der Waals surface area contributed by atoms with Gasteiger partial charge in [0.15, 0.2) is 5.82 Å². The first-order chi connectivity index (χ1) is 15.1. The Morgan fingerprint density at radius 3 is 2.61 bits per heavy atom. The Bertz CT molecular complexity index is 1470. The Balaban J connectivity index is 1.45. The van der Waals surface area contributed by atoms with Crippen molar-refractivity contribution in [2.45, 2.75) is 18.3 Å². The van der Waals surface area contributed by atoms with Crippen molar-refractivity contribution in [1.29, 1.82) is 0 Å². The molecule has 6 rings (SSSR count). The van der Waals surface area contributed by atoms with Crippen molar-refractivity contribution in [1.82, 2.24) is 29.8 Å². The molecule has 5 aromatic rings. The van der Waals surface area contributed by atoms with Gasteiger partial charge in [-0.2, -0.15) is 9.61 Å². The van der Waals surface area contributed by atoms with Crippen LogP contribution in [0.2, 0.25) is 0 Å². The number of hydrogen-bond acceptors (Lipinski definition) is 6. The van der Waals surface area contributed by atoms with Crippen molar-refractivity contribution in [3.63, 3.8) is 0 Å². The molecule has 1 N–H and O–H groups in total. The second-order valence-electron chi connectivity index (χ2n) is 7.90.